The lowest BCUT2D eigenvalue weighted by atomic mass is 10.1. The fraction of sp³-hybridized carbons (Fsp3) is 0.500. The van der Waals surface area contributed by atoms with Crippen LogP contribution < -0.4 is 0 Å². The average molecular weight is 419 g/mol. The van der Waals surface area contributed by atoms with Crippen molar-refractivity contribution in [3.05, 3.63) is 20.5 Å². The zero-order chi connectivity index (χ0) is 15.9. The van der Waals surface area contributed by atoms with Crippen LogP contribution in [0.4, 0.5) is 5.95 Å². The second kappa shape index (κ2) is 5.91. The maximum absolute atomic E-state index is 10.1. The molecule has 1 aliphatic rings. The Morgan fingerprint density at radius 3 is 2.82 bits per heavy atom. The Hall–Kier alpha value is -1.57. The quantitative estimate of drug-likeness (QED) is 0.207. The number of imidazole rings is 1. The van der Waals surface area contributed by atoms with E-state index < -0.39 is 31.1 Å². The third-order valence-electron chi connectivity index (χ3n) is 3.29. The van der Waals surface area contributed by atoms with Crippen LogP contribution in [0.2, 0.25) is 0 Å². The standard InChI is InChI=1S/C10H10IN7O4/c11-7-4-8(15-10(14-7)16-17-12)18(2-13-4)9-6(21)5(20)3(1-19)22-9/h2-3,5-6,9,19-21H,1H2/t3-,5?,6?,9-/m1/s1. The molecule has 1 fully saturated rings. The SMILES string of the molecule is [N-]=[N+]=Nc1nc(I)c2ncn([C@@H]3O[C@H](CO)C(O)C3O)c2n1. The lowest BCUT2D eigenvalue weighted by molar-refractivity contribution is -0.0511. The fourth-order valence-electron chi connectivity index (χ4n) is 2.25. The first-order chi connectivity index (χ1) is 10.6. The molecule has 22 heavy (non-hydrogen) atoms. The van der Waals surface area contributed by atoms with Gasteiger partial charge in [0, 0.05) is 4.91 Å². The molecule has 1 aliphatic heterocycles. The summed E-state index contributed by atoms with van der Waals surface area (Å²) in [5.74, 6) is -0.0899. The molecule has 3 heterocycles. The molecule has 4 atom stereocenters. The van der Waals surface area contributed by atoms with E-state index >= 15 is 0 Å². The number of rotatable bonds is 3. The van der Waals surface area contributed by atoms with Crippen molar-refractivity contribution in [3.63, 3.8) is 0 Å². The van der Waals surface area contributed by atoms with Crippen LogP contribution in [0, 0.1) is 3.70 Å². The van der Waals surface area contributed by atoms with Crippen molar-refractivity contribution in [1.29, 1.82) is 0 Å². The van der Waals surface area contributed by atoms with Crippen molar-refractivity contribution in [2.75, 3.05) is 6.61 Å². The van der Waals surface area contributed by atoms with Crippen LogP contribution in [0.25, 0.3) is 21.6 Å². The van der Waals surface area contributed by atoms with E-state index in [1.54, 1.807) is 0 Å². The highest BCUT2D eigenvalue weighted by Gasteiger charge is 2.44. The highest BCUT2D eigenvalue weighted by Crippen LogP contribution is 2.32. The predicted molar refractivity (Wildman–Crippen MR) is 79.9 cm³/mol. The topological polar surface area (TPSA) is 162 Å². The molecule has 0 bridgehead atoms. The lowest BCUT2D eigenvalue weighted by Gasteiger charge is -2.16. The maximum atomic E-state index is 10.1. The van der Waals surface area contributed by atoms with Gasteiger partial charge < -0.3 is 20.1 Å². The Labute approximate surface area is 136 Å². The number of ether oxygens (including phenoxy) is 1. The van der Waals surface area contributed by atoms with Gasteiger partial charge >= 0.3 is 0 Å². The van der Waals surface area contributed by atoms with Gasteiger partial charge in [0.25, 0.3) is 0 Å². The summed E-state index contributed by atoms with van der Waals surface area (Å²) in [7, 11) is 0. The van der Waals surface area contributed by atoms with Gasteiger partial charge in [-0.1, -0.05) is 0 Å². The summed E-state index contributed by atoms with van der Waals surface area (Å²) in [6.45, 7) is -0.433. The Balaban J connectivity index is 2.10. The van der Waals surface area contributed by atoms with Crippen molar-refractivity contribution < 1.29 is 20.1 Å². The molecule has 0 aromatic carbocycles. The summed E-state index contributed by atoms with van der Waals surface area (Å²) >= 11 is 1.92. The van der Waals surface area contributed by atoms with E-state index in [4.69, 9.17) is 15.4 Å². The molecule has 1 saturated heterocycles. The van der Waals surface area contributed by atoms with Crippen LogP contribution in [0.15, 0.2) is 11.4 Å². The summed E-state index contributed by atoms with van der Waals surface area (Å²) in [5.41, 5.74) is 9.21. The van der Waals surface area contributed by atoms with E-state index in [0.29, 0.717) is 9.22 Å². The molecule has 3 rings (SSSR count). The fourth-order valence-corrected chi connectivity index (χ4v) is 2.85. The van der Waals surface area contributed by atoms with Gasteiger partial charge in [-0.15, -0.1) is 0 Å². The van der Waals surface area contributed by atoms with E-state index in [1.807, 2.05) is 22.6 Å². The second-order valence-electron chi connectivity index (χ2n) is 4.56. The third-order valence-corrected chi connectivity index (χ3v) is 4.04. The van der Waals surface area contributed by atoms with Gasteiger partial charge in [0.15, 0.2) is 11.9 Å². The number of nitrogens with zero attached hydrogens (tertiary/aromatic N) is 7. The molecule has 2 aromatic heterocycles. The summed E-state index contributed by atoms with van der Waals surface area (Å²) < 4.78 is 7.30. The summed E-state index contributed by atoms with van der Waals surface area (Å²) in [5, 5.41) is 32.4. The number of hydrogen-bond donors (Lipinski definition) is 3. The Bertz CT molecular complexity index is 761. The predicted octanol–water partition coefficient (Wildman–Crippen LogP) is -0.0158. The molecule has 0 radical (unpaired) electrons. The van der Waals surface area contributed by atoms with Crippen molar-refractivity contribution in [1.82, 2.24) is 19.5 Å². The molecule has 0 spiro atoms. The zero-order valence-electron chi connectivity index (χ0n) is 10.9. The Morgan fingerprint density at radius 1 is 1.41 bits per heavy atom. The maximum Gasteiger partial charge on any atom is 0.219 e. The number of aliphatic hydroxyl groups excluding tert-OH is 3. The van der Waals surface area contributed by atoms with Gasteiger partial charge in [-0.3, -0.25) is 4.57 Å². The van der Waals surface area contributed by atoms with E-state index in [-0.39, 0.29) is 11.6 Å². The van der Waals surface area contributed by atoms with Gasteiger partial charge in [0.2, 0.25) is 5.95 Å². The third kappa shape index (κ3) is 2.39. The van der Waals surface area contributed by atoms with E-state index in [2.05, 4.69) is 25.0 Å². The first-order valence-corrected chi connectivity index (χ1v) is 7.22. The van der Waals surface area contributed by atoms with Crippen LogP contribution in [0.5, 0.6) is 0 Å². The van der Waals surface area contributed by atoms with Crippen LogP contribution in [-0.2, 0) is 4.74 Å². The largest absolute Gasteiger partial charge is 0.394 e. The molecule has 0 aliphatic carbocycles. The first-order valence-electron chi connectivity index (χ1n) is 6.14. The van der Waals surface area contributed by atoms with Crippen molar-refractivity contribution in [2.24, 2.45) is 5.11 Å². The molecule has 11 nitrogen and oxygen atoms in total. The average Bonchev–Trinajstić information content (AvgIpc) is 3.03. The molecule has 116 valence electrons. The van der Waals surface area contributed by atoms with E-state index in [0.717, 1.165) is 0 Å². The van der Waals surface area contributed by atoms with Crippen molar-refractivity contribution >= 4 is 39.7 Å². The van der Waals surface area contributed by atoms with Gasteiger partial charge in [-0.25, -0.2) is 15.0 Å². The van der Waals surface area contributed by atoms with Gasteiger partial charge in [0.1, 0.15) is 27.5 Å². The number of azide groups is 1. The minimum atomic E-state index is -1.26. The van der Waals surface area contributed by atoms with Crippen LogP contribution in [0.1, 0.15) is 6.23 Å². The van der Waals surface area contributed by atoms with Crippen LogP contribution in [0.3, 0.4) is 0 Å². The summed E-state index contributed by atoms with van der Waals surface area (Å²) in [6, 6.07) is 0. The van der Waals surface area contributed by atoms with Crippen LogP contribution in [-0.4, -0.2) is 59.8 Å². The smallest absolute Gasteiger partial charge is 0.219 e. The molecular weight excluding hydrogens is 409 g/mol. The highest BCUT2D eigenvalue weighted by molar-refractivity contribution is 14.1. The Kier molecular flexibility index (Phi) is 4.12. The van der Waals surface area contributed by atoms with Gasteiger partial charge in [-0.05, 0) is 33.2 Å². The number of hydrogen-bond acceptors (Lipinski definition) is 8. The highest BCUT2D eigenvalue weighted by atomic mass is 127. The number of aliphatic hydroxyl groups is 3. The zero-order valence-corrected chi connectivity index (χ0v) is 13.0. The van der Waals surface area contributed by atoms with Gasteiger partial charge in [-0.2, -0.15) is 0 Å². The lowest BCUT2D eigenvalue weighted by Crippen LogP contribution is -2.33. The molecule has 2 aromatic rings. The van der Waals surface area contributed by atoms with Crippen molar-refractivity contribution in [2.45, 2.75) is 24.5 Å². The minimum Gasteiger partial charge on any atom is -0.394 e. The molecular formula is C10H10IN7O4. The minimum absolute atomic E-state index is 0.0899. The molecule has 12 heteroatoms. The monoisotopic (exact) mass is 419 g/mol. The molecule has 0 amide bonds. The van der Waals surface area contributed by atoms with Crippen molar-refractivity contribution in [3.8, 4) is 0 Å². The van der Waals surface area contributed by atoms with E-state index in [9.17, 15) is 10.2 Å². The van der Waals surface area contributed by atoms with E-state index in [1.165, 1.54) is 10.9 Å². The Morgan fingerprint density at radius 2 is 2.18 bits per heavy atom. The molecule has 0 saturated carbocycles. The summed E-state index contributed by atoms with van der Waals surface area (Å²) in [6.07, 6.45) is -2.99. The molecule has 2 unspecified atom stereocenters. The normalized spacial score (nSPS) is 28.0. The molecule has 3 N–H and O–H groups in total. The number of aromatic nitrogens is 4. The van der Waals surface area contributed by atoms with Crippen LogP contribution >= 0.6 is 22.6 Å². The number of halogens is 1. The van der Waals surface area contributed by atoms with Gasteiger partial charge in [0.05, 0.1) is 12.9 Å². The summed E-state index contributed by atoms with van der Waals surface area (Å²) in [4.78, 5) is 14.8. The first kappa shape index (κ1) is 15.3. The second-order valence-corrected chi connectivity index (χ2v) is 5.58. The number of fused-ring (bicyclic) bond motifs is 1.